The molecule has 5 rings (SSSR count). The summed E-state index contributed by atoms with van der Waals surface area (Å²) in [5.41, 5.74) is 1.91. The zero-order chi connectivity index (χ0) is 21.0. The van der Waals surface area contributed by atoms with E-state index in [0.717, 1.165) is 57.2 Å². The van der Waals surface area contributed by atoms with Gasteiger partial charge in [0.25, 0.3) is 5.91 Å². The van der Waals surface area contributed by atoms with Gasteiger partial charge in [0, 0.05) is 56.4 Å². The zero-order valence-electron chi connectivity index (χ0n) is 18.3. The molecule has 3 aliphatic rings. The molecule has 0 aliphatic carbocycles. The molecule has 6 nitrogen and oxygen atoms in total. The third-order valence-corrected chi connectivity index (χ3v) is 7.94. The third kappa shape index (κ3) is 4.72. The van der Waals surface area contributed by atoms with Gasteiger partial charge in [-0.1, -0.05) is 24.6 Å². The van der Waals surface area contributed by atoms with Crippen LogP contribution in [0.15, 0.2) is 35.7 Å². The van der Waals surface area contributed by atoms with E-state index >= 15 is 0 Å². The predicted molar refractivity (Wildman–Crippen MR) is 127 cm³/mol. The van der Waals surface area contributed by atoms with Gasteiger partial charge < -0.3 is 19.6 Å². The van der Waals surface area contributed by atoms with E-state index in [9.17, 15) is 4.79 Å². The van der Waals surface area contributed by atoms with Gasteiger partial charge in [-0.3, -0.25) is 4.79 Å². The summed E-state index contributed by atoms with van der Waals surface area (Å²) < 4.78 is 0. The number of para-hydroxylation sites is 1. The number of carbonyl (C=O) groups excluding carboxylic acids is 1. The maximum atomic E-state index is 13.0. The molecule has 166 valence electrons. The zero-order valence-corrected chi connectivity index (χ0v) is 19.1. The second-order valence-electron chi connectivity index (χ2n) is 8.94. The Balaban J connectivity index is 1.13. The fourth-order valence-corrected chi connectivity index (χ4v) is 6.04. The van der Waals surface area contributed by atoms with Crippen molar-refractivity contribution >= 4 is 28.1 Å². The molecule has 0 N–H and O–H groups in total. The lowest BCUT2D eigenvalue weighted by molar-refractivity contribution is 0.0585. The first-order valence-electron chi connectivity index (χ1n) is 11.8. The van der Waals surface area contributed by atoms with Crippen LogP contribution in [0.1, 0.15) is 42.6 Å². The van der Waals surface area contributed by atoms with Gasteiger partial charge in [-0.2, -0.15) is 0 Å². The monoisotopic (exact) mass is 439 g/mol. The van der Waals surface area contributed by atoms with Crippen molar-refractivity contribution in [3.05, 3.63) is 41.4 Å². The number of amides is 1. The van der Waals surface area contributed by atoms with E-state index in [1.54, 1.807) is 11.3 Å². The molecule has 3 fully saturated rings. The fraction of sp³-hybridized carbons (Fsp3) is 0.583. The molecule has 0 radical (unpaired) electrons. The van der Waals surface area contributed by atoms with Crippen LogP contribution in [0.5, 0.6) is 0 Å². The summed E-state index contributed by atoms with van der Waals surface area (Å²) in [5, 5.41) is 2.94. The lowest BCUT2D eigenvalue weighted by Gasteiger charge is -2.40. The Hall–Kier alpha value is -2.12. The highest BCUT2D eigenvalue weighted by Crippen LogP contribution is 2.26. The van der Waals surface area contributed by atoms with Crippen molar-refractivity contribution < 1.29 is 4.79 Å². The summed E-state index contributed by atoms with van der Waals surface area (Å²) >= 11 is 1.61. The number of benzene rings is 1. The van der Waals surface area contributed by atoms with Crippen LogP contribution in [0, 0.1) is 0 Å². The van der Waals surface area contributed by atoms with Crippen LogP contribution in [0.25, 0.3) is 0 Å². The highest BCUT2D eigenvalue weighted by Gasteiger charge is 2.29. The molecular weight excluding hydrogens is 406 g/mol. The number of aromatic nitrogens is 1. The molecule has 3 aliphatic heterocycles. The molecule has 0 unspecified atom stereocenters. The third-order valence-electron chi connectivity index (χ3n) is 7.04. The van der Waals surface area contributed by atoms with Crippen LogP contribution in [0.4, 0.5) is 10.8 Å². The van der Waals surface area contributed by atoms with Crippen molar-refractivity contribution in [3.8, 4) is 0 Å². The van der Waals surface area contributed by atoms with Gasteiger partial charge in [-0.05, 0) is 50.9 Å². The quantitative estimate of drug-likeness (QED) is 0.729. The predicted octanol–water partition coefficient (Wildman–Crippen LogP) is 3.56. The molecule has 31 heavy (non-hydrogen) atoms. The smallest absolute Gasteiger partial charge is 0.273 e. The first-order chi connectivity index (χ1) is 15.3. The lowest BCUT2D eigenvalue weighted by atomic mass is 10.00. The van der Waals surface area contributed by atoms with Crippen molar-refractivity contribution in [1.82, 2.24) is 14.8 Å². The second kappa shape index (κ2) is 9.57. The number of nitrogens with zero attached hydrogens (tertiary/aromatic N) is 5. The molecule has 2 aromatic rings. The van der Waals surface area contributed by atoms with Crippen LogP contribution in [-0.4, -0.2) is 79.1 Å². The number of piperidine rings is 2. The summed E-state index contributed by atoms with van der Waals surface area (Å²) in [4.78, 5) is 27.2. The number of likely N-dealkylation sites (tertiary alicyclic amines) is 2. The Kier molecular flexibility index (Phi) is 6.41. The van der Waals surface area contributed by atoms with Gasteiger partial charge in [0.15, 0.2) is 5.13 Å². The number of carbonyl (C=O) groups is 1. The van der Waals surface area contributed by atoms with E-state index in [1.807, 2.05) is 10.3 Å². The molecule has 4 heterocycles. The summed E-state index contributed by atoms with van der Waals surface area (Å²) in [6.07, 6.45) is 6.25. The maximum Gasteiger partial charge on any atom is 0.273 e. The summed E-state index contributed by atoms with van der Waals surface area (Å²) in [7, 11) is 0. The summed E-state index contributed by atoms with van der Waals surface area (Å²) in [6.45, 7) is 8.06. The summed E-state index contributed by atoms with van der Waals surface area (Å²) in [5.74, 6) is 0.113. The lowest BCUT2D eigenvalue weighted by Crippen LogP contribution is -2.48. The van der Waals surface area contributed by atoms with Crippen molar-refractivity contribution in [2.24, 2.45) is 0 Å². The highest BCUT2D eigenvalue weighted by atomic mass is 32.1. The summed E-state index contributed by atoms with van der Waals surface area (Å²) in [6, 6.07) is 11.3. The minimum atomic E-state index is 0.113. The van der Waals surface area contributed by atoms with Crippen molar-refractivity contribution in [2.45, 2.75) is 38.1 Å². The number of rotatable bonds is 4. The van der Waals surface area contributed by atoms with Crippen molar-refractivity contribution in [2.75, 3.05) is 62.2 Å². The Bertz CT molecular complexity index is 850. The van der Waals surface area contributed by atoms with E-state index in [-0.39, 0.29) is 5.91 Å². The topological polar surface area (TPSA) is 42.9 Å². The van der Waals surface area contributed by atoms with Gasteiger partial charge in [-0.25, -0.2) is 4.98 Å². The number of thiazole rings is 1. The molecule has 7 heteroatoms. The maximum absolute atomic E-state index is 13.0. The minimum absolute atomic E-state index is 0.113. The van der Waals surface area contributed by atoms with Crippen molar-refractivity contribution in [1.29, 1.82) is 0 Å². The van der Waals surface area contributed by atoms with Gasteiger partial charge in [0.05, 0.1) is 0 Å². The van der Waals surface area contributed by atoms with E-state index in [0.29, 0.717) is 11.7 Å². The van der Waals surface area contributed by atoms with Crippen LogP contribution >= 0.6 is 11.3 Å². The van der Waals surface area contributed by atoms with Gasteiger partial charge in [-0.15, -0.1) is 11.3 Å². The Morgan fingerprint density at radius 3 is 2.23 bits per heavy atom. The number of piperazine rings is 1. The Morgan fingerprint density at radius 1 is 0.839 bits per heavy atom. The SMILES string of the molecule is O=C(c1csc(N2CCN(c3ccccc3)CC2)n1)N1CCC(N2CCCCC2)CC1. The van der Waals surface area contributed by atoms with Crippen LogP contribution in [0.3, 0.4) is 0 Å². The van der Waals surface area contributed by atoms with E-state index in [4.69, 9.17) is 4.98 Å². The van der Waals surface area contributed by atoms with E-state index < -0.39 is 0 Å². The molecule has 0 bridgehead atoms. The van der Waals surface area contributed by atoms with Gasteiger partial charge in [0.1, 0.15) is 5.69 Å². The minimum Gasteiger partial charge on any atom is -0.368 e. The molecule has 0 spiro atoms. The average molecular weight is 440 g/mol. The number of hydrogen-bond acceptors (Lipinski definition) is 6. The number of anilines is 2. The molecule has 0 saturated carbocycles. The molecule has 1 aromatic heterocycles. The fourth-order valence-electron chi connectivity index (χ4n) is 5.18. The Morgan fingerprint density at radius 2 is 1.52 bits per heavy atom. The number of hydrogen-bond donors (Lipinski definition) is 0. The van der Waals surface area contributed by atoms with Crippen LogP contribution < -0.4 is 9.80 Å². The average Bonchev–Trinajstić information content (AvgIpc) is 3.35. The van der Waals surface area contributed by atoms with E-state index in [1.165, 1.54) is 38.0 Å². The molecular formula is C24H33N5OS. The highest BCUT2D eigenvalue weighted by molar-refractivity contribution is 7.13. The van der Waals surface area contributed by atoms with Gasteiger partial charge >= 0.3 is 0 Å². The molecule has 1 aromatic carbocycles. The molecule has 3 saturated heterocycles. The van der Waals surface area contributed by atoms with Crippen LogP contribution in [-0.2, 0) is 0 Å². The van der Waals surface area contributed by atoms with Crippen molar-refractivity contribution in [3.63, 3.8) is 0 Å². The second-order valence-corrected chi connectivity index (χ2v) is 9.78. The molecule has 0 atom stereocenters. The van der Waals surface area contributed by atoms with Gasteiger partial charge in [0.2, 0.25) is 0 Å². The normalized spacial score (nSPS) is 21.5. The van der Waals surface area contributed by atoms with Crippen LogP contribution in [0.2, 0.25) is 0 Å². The van der Waals surface area contributed by atoms with E-state index in [2.05, 4.69) is 45.0 Å². The standard InChI is InChI=1S/C24H33N5OS/c30-23(28-13-9-21(10-14-28)26-11-5-2-6-12-26)22-19-31-24(25-22)29-17-15-27(16-18-29)20-7-3-1-4-8-20/h1,3-4,7-8,19,21H,2,5-6,9-18H2. The first-order valence-corrected chi connectivity index (χ1v) is 12.7. The first kappa shape index (κ1) is 20.8. The molecule has 1 amide bonds. The largest absolute Gasteiger partial charge is 0.368 e. The Labute approximate surface area is 189 Å².